The van der Waals surface area contributed by atoms with Gasteiger partial charge < -0.3 is 4.42 Å². The minimum absolute atomic E-state index is 0.0527. The van der Waals surface area contributed by atoms with Crippen molar-refractivity contribution in [2.24, 2.45) is 0 Å². The number of carbonyl (C=O) groups excluding carboxylic acids is 1. The predicted molar refractivity (Wildman–Crippen MR) is 100 cm³/mol. The molecule has 0 spiro atoms. The lowest BCUT2D eigenvalue weighted by Gasteiger charge is -2.06. The van der Waals surface area contributed by atoms with Gasteiger partial charge in [0.1, 0.15) is 0 Å². The highest BCUT2D eigenvalue weighted by Crippen LogP contribution is 2.25. The van der Waals surface area contributed by atoms with Crippen molar-refractivity contribution in [3.63, 3.8) is 0 Å². The molecule has 0 aliphatic heterocycles. The molecule has 5 nitrogen and oxygen atoms in total. The fraction of sp³-hybridized carbons (Fsp3) is 0.167. The summed E-state index contributed by atoms with van der Waals surface area (Å²) in [5, 5.41) is 11.5. The van der Waals surface area contributed by atoms with Crippen LogP contribution in [0.2, 0.25) is 5.02 Å². The van der Waals surface area contributed by atoms with Gasteiger partial charge in [0, 0.05) is 26.3 Å². The Morgan fingerprint density at radius 3 is 2.64 bits per heavy atom. The Bertz CT molecular complexity index is 878. The van der Waals surface area contributed by atoms with Gasteiger partial charge in [0.15, 0.2) is 0 Å². The minimum atomic E-state index is -0.294. The number of thioether (sulfide) groups is 1. The Hall–Kier alpha value is -2.31. The Kier molecular flexibility index (Phi) is 5.40. The van der Waals surface area contributed by atoms with Crippen molar-refractivity contribution in [1.29, 1.82) is 0 Å². The van der Waals surface area contributed by atoms with Gasteiger partial charge >= 0.3 is 6.01 Å². The number of aromatic nitrogens is 2. The van der Waals surface area contributed by atoms with E-state index in [2.05, 4.69) is 29.4 Å². The quantitative estimate of drug-likeness (QED) is 0.627. The number of rotatable bonds is 5. The Balaban J connectivity index is 1.72. The molecule has 7 heteroatoms. The molecule has 0 aliphatic carbocycles. The van der Waals surface area contributed by atoms with Crippen LogP contribution in [-0.4, -0.2) is 21.4 Å². The van der Waals surface area contributed by atoms with Crippen LogP contribution in [0.25, 0.3) is 11.5 Å². The number of nitrogens with one attached hydrogen (secondary N) is 1. The van der Waals surface area contributed by atoms with Crippen molar-refractivity contribution < 1.29 is 9.21 Å². The molecule has 1 N–H and O–H groups in total. The smallest absolute Gasteiger partial charge is 0.322 e. The van der Waals surface area contributed by atoms with E-state index in [0.717, 1.165) is 10.5 Å². The number of amides is 1. The summed E-state index contributed by atoms with van der Waals surface area (Å²) < 4.78 is 5.49. The second kappa shape index (κ2) is 7.72. The summed E-state index contributed by atoms with van der Waals surface area (Å²) in [5.74, 6) is 0.0218. The first kappa shape index (κ1) is 17.5. The van der Waals surface area contributed by atoms with E-state index in [1.807, 2.05) is 18.2 Å². The number of hydrogen-bond donors (Lipinski definition) is 1. The lowest BCUT2D eigenvalue weighted by molar-refractivity contribution is 0.102. The zero-order valence-corrected chi connectivity index (χ0v) is 15.3. The number of benzene rings is 2. The molecule has 0 saturated heterocycles. The standard InChI is InChI=1S/C18H16ClN3O2S/c1-11(2)25-15-5-3-4-13(10-15)16(23)20-18-22-21-17(24-18)12-6-8-14(19)9-7-12/h3-11H,1-2H3,(H,20,22,23). The van der Waals surface area contributed by atoms with E-state index in [9.17, 15) is 4.79 Å². The van der Waals surface area contributed by atoms with Gasteiger partial charge in [-0.25, -0.2) is 0 Å². The molecule has 1 aromatic heterocycles. The van der Waals surface area contributed by atoms with Crippen molar-refractivity contribution in [1.82, 2.24) is 10.2 Å². The van der Waals surface area contributed by atoms with Gasteiger partial charge in [0.05, 0.1) is 0 Å². The average molecular weight is 374 g/mol. The first-order valence-electron chi connectivity index (χ1n) is 7.69. The molecule has 0 aliphatic rings. The van der Waals surface area contributed by atoms with Crippen LogP contribution in [0.3, 0.4) is 0 Å². The van der Waals surface area contributed by atoms with Crippen LogP contribution in [0.15, 0.2) is 57.8 Å². The molecule has 1 amide bonds. The number of nitrogens with zero attached hydrogens (tertiary/aromatic N) is 2. The van der Waals surface area contributed by atoms with Crippen molar-refractivity contribution in [2.75, 3.05) is 5.32 Å². The van der Waals surface area contributed by atoms with Gasteiger partial charge in [0.25, 0.3) is 5.91 Å². The molecule has 3 rings (SSSR count). The molecule has 1 heterocycles. The van der Waals surface area contributed by atoms with Crippen molar-refractivity contribution in [2.45, 2.75) is 24.0 Å². The summed E-state index contributed by atoms with van der Waals surface area (Å²) in [4.78, 5) is 13.4. The molecule has 0 atom stereocenters. The van der Waals surface area contributed by atoms with Gasteiger partial charge in [-0.1, -0.05) is 36.6 Å². The minimum Gasteiger partial charge on any atom is -0.403 e. The van der Waals surface area contributed by atoms with E-state index in [0.29, 0.717) is 21.7 Å². The number of halogens is 1. The van der Waals surface area contributed by atoms with Crippen molar-refractivity contribution >= 4 is 35.3 Å². The van der Waals surface area contributed by atoms with Crippen molar-refractivity contribution in [3.05, 3.63) is 59.1 Å². The number of hydrogen-bond acceptors (Lipinski definition) is 5. The third-order valence-corrected chi connectivity index (χ3v) is 4.45. The van der Waals surface area contributed by atoms with Gasteiger partial charge in [-0.2, -0.15) is 0 Å². The predicted octanol–water partition coefficient (Wildman–Crippen LogP) is 5.14. The van der Waals surface area contributed by atoms with Crippen LogP contribution >= 0.6 is 23.4 Å². The highest BCUT2D eigenvalue weighted by Gasteiger charge is 2.13. The topological polar surface area (TPSA) is 68.0 Å². The van der Waals surface area contributed by atoms with Gasteiger partial charge in [-0.15, -0.1) is 16.9 Å². The highest BCUT2D eigenvalue weighted by molar-refractivity contribution is 7.99. The van der Waals surface area contributed by atoms with E-state index < -0.39 is 0 Å². The molecular formula is C18H16ClN3O2S. The Morgan fingerprint density at radius 2 is 1.92 bits per heavy atom. The average Bonchev–Trinajstić information content (AvgIpc) is 3.03. The van der Waals surface area contributed by atoms with E-state index in [1.165, 1.54) is 0 Å². The van der Waals surface area contributed by atoms with Gasteiger partial charge in [-0.05, 0) is 42.5 Å². The van der Waals surface area contributed by atoms with Crippen LogP contribution in [0.4, 0.5) is 6.01 Å². The third-order valence-electron chi connectivity index (χ3n) is 3.20. The highest BCUT2D eigenvalue weighted by atomic mass is 35.5. The maximum atomic E-state index is 12.4. The second-order valence-corrected chi connectivity index (χ2v) is 7.65. The molecule has 2 aromatic carbocycles. The fourth-order valence-electron chi connectivity index (χ4n) is 2.13. The van der Waals surface area contributed by atoms with Crippen LogP contribution in [-0.2, 0) is 0 Å². The zero-order chi connectivity index (χ0) is 17.8. The fourth-order valence-corrected chi connectivity index (χ4v) is 3.16. The molecule has 0 bridgehead atoms. The summed E-state index contributed by atoms with van der Waals surface area (Å²) in [7, 11) is 0. The van der Waals surface area contributed by atoms with E-state index in [1.54, 1.807) is 42.1 Å². The lowest BCUT2D eigenvalue weighted by atomic mass is 10.2. The number of carbonyl (C=O) groups is 1. The summed E-state index contributed by atoms with van der Waals surface area (Å²) in [5.41, 5.74) is 1.27. The zero-order valence-electron chi connectivity index (χ0n) is 13.7. The molecule has 0 radical (unpaired) electrons. The van der Waals surface area contributed by atoms with Gasteiger partial charge in [-0.3, -0.25) is 10.1 Å². The summed E-state index contributed by atoms with van der Waals surface area (Å²) in [6.45, 7) is 4.21. The maximum absolute atomic E-state index is 12.4. The third kappa shape index (κ3) is 4.61. The molecular weight excluding hydrogens is 358 g/mol. The largest absolute Gasteiger partial charge is 0.403 e. The molecule has 25 heavy (non-hydrogen) atoms. The molecule has 0 unspecified atom stereocenters. The van der Waals surface area contributed by atoms with E-state index in [4.69, 9.17) is 16.0 Å². The van der Waals surface area contributed by atoms with Crippen LogP contribution in [0.1, 0.15) is 24.2 Å². The molecule has 0 fully saturated rings. The first-order chi connectivity index (χ1) is 12.0. The van der Waals surface area contributed by atoms with Crippen molar-refractivity contribution in [3.8, 4) is 11.5 Å². The van der Waals surface area contributed by atoms with Crippen LogP contribution < -0.4 is 5.32 Å². The first-order valence-corrected chi connectivity index (χ1v) is 8.94. The normalized spacial score (nSPS) is 10.9. The maximum Gasteiger partial charge on any atom is 0.322 e. The lowest BCUT2D eigenvalue weighted by Crippen LogP contribution is -2.12. The Labute approximate surface area is 154 Å². The van der Waals surface area contributed by atoms with Crippen LogP contribution in [0.5, 0.6) is 0 Å². The SMILES string of the molecule is CC(C)Sc1cccc(C(=O)Nc2nnc(-c3ccc(Cl)cc3)o2)c1. The van der Waals surface area contributed by atoms with Gasteiger partial charge in [0.2, 0.25) is 5.89 Å². The van der Waals surface area contributed by atoms with E-state index >= 15 is 0 Å². The summed E-state index contributed by atoms with van der Waals surface area (Å²) in [6.07, 6.45) is 0. The molecule has 0 saturated carbocycles. The van der Waals surface area contributed by atoms with Crippen LogP contribution in [0, 0.1) is 0 Å². The molecule has 128 valence electrons. The summed E-state index contributed by atoms with van der Waals surface area (Å²) in [6, 6.07) is 14.5. The van der Waals surface area contributed by atoms with E-state index in [-0.39, 0.29) is 11.9 Å². The summed E-state index contributed by atoms with van der Waals surface area (Å²) >= 11 is 7.56. The number of anilines is 1. The second-order valence-electron chi connectivity index (χ2n) is 5.57. The monoisotopic (exact) mass is 373 g/mol. The Morgan fingerprint density at radius 1 is 1.16 bits per heavy atom. The molecule has 3 aromatic rings.